The number of hydrogen-bond acceptors (Lipinski definition) is 10. The third kappa shape index (κ3) is 14.9. The molecule has 73 heavy (non-hydrogen) atoms. The van der Waals surface area contributed by atoms with Crippen molar-refractivity contribution in [2.45, 2.75) is 232 Å². The summed E-state index contributed by atoms with van der Waals surface area (Å²) in [6.45, 7) is 28.1. The Bertz CT molecular complexity index is 2330. The molecule has 4 aliphatic rings. The first-order valence-electron chi connectivity index (χ1n) is 28.2. The van der Waals surface area contributed by atoms with E-state index in [1.807, 2.05) is 41.5 Å². The van der Waals surface area contributed by atoms with Crippen molar-refractivity contribution in [1.29, 1.82) is 0 Å². The minimum absolute atomic E-state index is 0.0274. The highest BCUT2D eigenvalue weighted by Crippen LogP contribution is 2.54. The van der Waals surface area contributed by atoms with E-state index in [1.54, 1.807) is 0 Å². The summed E-state index contributed by atoms with van der Waals surface area (Å²) in [4.78, 5) is 25.7. The Morgan fingerprint density at radius 2 is 0.986 bits per heavy atom. The minimum atomic E-state index is -2.71. The molecular weight excluding hydrogens is 929 g/mol. The summed E-state index contributed by atoms with van der Waals surface area (Å²) < 4.78 is 30.8. The summed E-state index contributed by atoms with van der Waals surface area (Å²) in [6.07, 6.45) is 13.6. The molecule has 2 atom stereocenters. The van der Waals surface area contributed by atoms with E-state index in [1.165, 1.54) is 85.7 Å². The zero-order valence-corrected chi connectivity index (χ0v) is 48.1. The van der Waals surface area contributed by atoms with E-state index in [0.29, 0.717) is 43.1 Å². The highest BCUT2D eigenvalue weighted by Gasteiger charge is 2.51. The number of carbonyl (C=O) groups is 2. The molecule has 0 saturated heterocycles. The van der Waals surface area contributed by atoms with Gasteiger partial charge in [0.15, 0.2) is 0 Å². The van der Waals surface area contributed by atoms with Crippen LogP contribution in [0.4, 0.5) is 0 Å². The number of esters is 2. The van der Waals surface area contributed by atoms with E-state index in [0.717, 1.165) is 46.6 Å². The molecule has 0 bridgehead atoms. The summed E-state index contributed by atoms with van der Waals surface area (Å²) in [5.74, 6) is 6.40. The van der Waals surface area contributed by atoms with Crippen molar-refractivity contribution in [3.05, 3.63) is 94.7 Å². The smallest absolute Gasteiger partial charge is 0.306 e. The lowest BCUT2D eigenvalue weighted by molar-refractivity contribution is -0.156. The van der Waals surface area contributed by atoms with E-state index >= 15 is 0 Å². The highest BCUT2D eigenvalue weighted by molar-refractivity contribution is 6.99. The minimum Gasteiger partial charge on any atom is -0.460 e. The maximum Gasteiger partial charge on any atom is 0.306 e. The number of ether oxygens (including phenoxy) is 2. The van der Waals surface area contributed by atoms with Crippen LogP contribution in [0.1, 0.15) is 249 Å². The maximum atomic E-state index is 13.3. The Hall–Kier alpha value is -4.06. The molecule has 11 heteroatoms. The zero-order valence-electron chi connectivity index (χ0n) is 47.1. The summed E-state index contributed by atoms with van der Waals surface area (Å²) in [6, 6.07) is 21.5. The Balaban J connectivity index is 0.000000239. The van der Waals surface area contributed by atoms with Gasteiger partial charge < -0.3 is 28.1 Å². The van der Waals surface area contributed by atoms with Crippen LogP contribution in [-0.2, 0) is 23.5 Å². The standard InChI is InChI=1S/C39H55NO4Si.C23H37NO4/c1-27(2)23-28-24-31(25-28)37-35(29-19-20-29)36(40-44-37)30(26-34(41)43-38(3,4)5)21-22-42-45(39(6,7)8,32-15-11-9-12-16-32)33-17-13-10-14-18-33;1-14(2)10-15-11-18(12-15)22-20(16-6-7-16)21(24-28-22)17(8-9-25)13-19(26)27-23(3,4)5/h9-18,27-31H,19-26H2,1-8H3;14-18,25H,6-13H2,1-5H3. The van der Waals surface area contributed by atoms with Gasteiger partial charge in [-0.3, -0.25) is 9.59 Å². The molecule has 1 N–H and O–H groups in total. The van der Waals surface area contributed by atoms with E-state index in [-0.39, 0.29) is 48.3 Å². The molecule has 2 unspecified atom stereocenters. The van der Waals surface area contributed by atoms with Crippen LogP contribution >= 0.6 is 0 Å². The molecule has 0 amide bonds. The van der Waals surface area contributed by atoms with E-state index in [2.05, 4.69) is 114 Å². The first-order valence-corrected chi connectivity index (χ1v) is 30.1. The molecule has 0 radical (unpaired) electrons. The average molecular weight is 1020 g/mol. The summed E-state index contributed by atoms with van der Waals surface area (Å²) in [5.41, 5.74) is 3.35. The van der Waals surface area contributed by atoms with E-state index in [9.17, 15) is 14.7 Å². The monoisotopic (exact) mass is 1020 g/mol. The summed E-state index contributed by atoms with van der Waals surface area (Å²) >= 11 is 0. The van der Waals surface area contributed by atoms with Gasteiger partial charge in [0.25, 0.3) is 8.32 Å². The third-order valence-electron chi connectivity index (χ3n) is 15.5. The van der Waals surface area contributed by atoms with Gasteiger partial charge in [0, 0.05) is 48.0 Å². The van der Waals surface area contributed by atoms with Crippen molar-refractivity contribution < 1.29 is 37.6 Å². The number of aromatic nitrogens is 2. The topological polar surface area (TPSA) is 134 Å². The fourth-order valence-corrected chi connectivity index (χ4v) is 16.7. The maximum absolute atomic E-state index is 13.3. The van der Waals surface area contributed by atoms with Gasteiger partial charge in [-0.15, -0.1) is 0 Å². The number of rotatable bonds is 22. The lowest BCUT2D eigenvalue weighted by Crippen LogP contribution is -2.66. The molecule has 2 aromatic heterocycles. The predicted octanol–water partition coefficient (Wildman–Crippen LogP) is 14.2. The number of nitrogens with zero attached hydrogens (tertiary/aromatic N) is 2. The molecule has 10 nitrogen and oxygen atoms in total. The second-order valence-corrected chi connectivity index (χ2v) is 30.7. The largest absolute Gasteiger partial charge is 0.460 e. The quantitative estimate of drug-likeness (QED) is 0.0599. The number of aliphatic hydroxyl groups is 1. The van der Waals surface area contributed by atoms with Crippen LogP contribution in [0, 0.1) is 23.7 Å². The predicted molar refractivity (Wildman–Crippen MR) is 293 cm³/mol. The van der Waals surface area contributed by atoms with Crippen molar-refractivity contribution in [1.82, 2.24) is 10.3 Å². The highest BCUT2D eigenvalue weighted by atomic mass is 28.4. The van der Waals surface area contributed by atoms with Gasteiger partial charge in [0.2, 0.25) is 0 Å². The molecule has 2 heterocycles. The fraction of sp³-hybridized carbons (Fsp3) is 0.677. The Labute approximate surface area is 440 Å². The van der Waals surface area contributed by atoms with Gasteiger partial charge in [0.1, 0.15) is 22.7 Å². The number of hydrogen-bond donors (Lipinski definition) is 1. The van der Waals surface area contributed by atoms with Gasteiger partial charge in [-0.05, 0) is 170 Å². The van der Waals surface area contributed by atoms with Crippen molar-refractivity contribution >= 4 is 30.6 Å². The van der Waals surface area contributed by atoms with Gasteiger partial charge in [0.05, 0.1) is 24.2 Å². The average Bonchev–Trinajstić information content (AvgIpc) is 4.21. The van der Waals surface area contributed by atoms with Crippen LogP contribution in [0.2, 0.25) is 5.04 Å². The second-order valence-electron chi connectivity index (χ2n) is 26.4. The molecule has 0 aliphatic heterocycles. The van der Waals surface area contributed by atoms with Crippen LogP contribution < -0.4 is 10.4 Å². The fourth-order valence-electron chi connectivity index (χ4n) is 12.1. The SMILES string of the molecule is CC(C)CC1CC(c2onc(C(CCO)CC(=O)OC(C)(C)C)c2C2CC2)C1.CC(C)CC1CC(c2onc(C(CCO[Si](c3ccccc3)(c3ccccc3)C(C)(C)C)CC(=O)OC(C)(C)C)c2C2CC2)C1. The van der Waals surface area contributed by atoms with Crippen LogP contribution in [0.25, 0.3) is 0 Å². The van der Waals surface area contributed by atoms with Gasteiger partial charge >= 0.3 is 11.9 Å². The van der Waals surface area contributed by atoms with E-state index in [4.69, 9.17) is 28.1 Å². The number of benzene rings is 2. The second kappa shape index (κ2) is 23.9. The van der Waals surface area contributed by atoms with Crippen LogP contribution in [-0.4, -0.2) is 60.1 Å². The molecule has 4 aromatic rings. The Morgan fingerprint density at radius 3 is 1.32 bits per heavy atom. The third-order valence-corrected chi connectivity index (χ3v) is 20.5. The van der Waals surface area contributed by atoms with Gasteiger partial charge in [-0.25, -0.2) is 0 Å². The van der Waals surface area contributed by atoms with Crippen LogP contribution in [0.15, 0.2) is 69.7 Å². The van der Waals surface area contributed by atoms with Gasteiger partial charge in [-0.2, -0.15) is 0 Å². The number of aliphatic hydroxyl groups excluding tert-OH is 1. The molecule has 4 saturated carbocycles. The first kappa shape index (κ1) is 56.7. The van der Waals surface area contributed by atoms with Crippen LogP contribution in [0.3, 0.4) is 0 Å². The molecule has 4 fully saturated rings. The lowest BCUT2D eigenvalue weighted by atomic mass is 9.69. The molecule has 402 valence electrons. The van der Waals surface area contributed by atoms with Crippen molar-refractivity contribution in [2.75, 3.05) is 13.2 Å². The van der Waals surface area contributed by atoms with Crippen molar-refractivity contribution in [3.8, 4) is 0 Å². The summed E-state index contributed by atoms with van der Waals surface area (Å²) in [5, 5.41) is 21.2. The molecular formula is C62H92N2O8Si. The number of carbonyl (C=O) groups excluding carboxylic acids is 2. The van der Waals surface area contributed by atoms with Crippen LogP contribution in [0.5, 0.6) is 0 Å². The first-order chi connectivity index (χ1) is 34.5. The normalized spacial score (nSPS) is 21.2. The van der Waals surface area contributed by atoms with Crippen molar-refractivity contribution in [3.63, 3.8) is 0 Å². The van der Waals surface area contributed by atoms with Gasteiger partial charge in [-0.1, -0.05) is 119 Å². The molecule has 4 aliphatic carbocycles. The Morgan fingerprint density at radius 1 is 0.603 bits per heavy atom. The van der Waals surface area contributed by atoms with Crippen molar-refractivity contribution in [2.24, 2.45) is 23.7 Å². The Kier molecular flexibility index (Phi) is 18.5. The molecule has 2 aromatic carbocycles. The zero-order chi connectivity index (χ0) is 52.9. The van der Waals surface area contributed by atoms with E-state index < -0.39 is 19.5 Å². The summed E-state index contributed by atoms with van der Waals surface area (Å²) in [7, 11) is -2.71. The molecule has 0 spiro atoms. The lowest BCUT2D eigenvalue weighted by Gasteiger charge is -2.43. The molecule has 8 rings (SSSR count).